The van der Waals surface area contributed by atoms with E-state index in [1.807, 2.05) is 7.05 Å². The molecule has 0 heterocycles. The Morgan fingerprint density at radius 1 is 1.27 bits per heavy atom. The largest absolute Gasteiger partial charge is 0.298 e. The van der Waals surface area contributed by atoms with Crippen molar-refractivity contribution in [3.05, 3.63) is 0 Å². The molecule has 0 saturated carbocycles. The standard InChI is InChI=1S/C9H20FN/c1-5-9(3,6-2)11(4)8-7-10/h5-8H2,1-4H3. The summed E-state index contributed by atoms with van der Waals surface area (Å²) in [6.07, 6.45) is 2.17. The van der Waals surface area contributed by atoms with Crippen LogP contribution >= 0.6 is 0 Å². The molecule has 0 aliphatic heterocycles. The zero-order valence-corrected chi connectivity index (χ0v) is 8.15. The lowest BCUT2D eigenvalue weighted by Gasteiger charge is -2.37. The van der Waals surface area contributed by atoms with Crippen molar-refractivity contribution in [2.45, 2.75) is 39.2 Å². The third-order valence-corrected chi connectivity index (χ3v) is 2.86. The van der Waals surface area contributed by atoms with Crippen LogP contribution in [0.2, 0.25) is 0 Å². The van der Waals surface area contributed by atoms with Crippen LogP contribution in [0.25, 0.3) is 0 Å². The van der Waals surface area contributed by atoms with Crippen LogP contribution in [0.1, 0.15) is 33.6 Å². The first kappa shape index (κ1) is 10.9. The maximum absolute atomic E-state index is 12.0. The van der Waals surface area contributed by atoms with Gasteiger partial charge in [0, 0.05) is 12.1 Å². The van der Waals surface area contributed by atoms with E-state index in [-0.39, 0.29) is 12.2 Å². The molecule has 0 N–H and O–H groups in total. The topological polar surface area (TPSA) is 3.24 Å². The summed E-state index contributed by atoms with van der Waals surface area (Å²) in [5.74, 6) is 0. The summed E-state index contributed by atoms with van der Waals surface area (Å²) in [6.45, 7) is 6.80. The van der Waals surface area contributed by atoms with Gasteiger partial charge >= 0.3 is 0 Å². The first-order chi connectivity index (χ1) is 5.10. The molecule has 0 rings (SSSR count). The molecule has 0 aromatic heterocycles. The Morgan fingerprint density at radius 3 is 2.00 bits per heavy atom. The molecule has 0 aromatic rings. The smallest absolute Gasteiger partial charge is 0.102 e. The Kier molecular flexibility index (Phi) is 4.66. The highest BCUT2D eigenvalue weighted by atomic mass is 19.1. The predicted octanol–water partition coefficient (Wildman–Crippen LogP) is 2.47. The Bertz CT molecular complexity index is 99.7. The van der Waals surface area contributed by atoms with Crippen molar-refractivity contribution >= 4 is 0 Å². The van der Waals surface area contributed by atoms with E-state index < -0.39 is 0 Å². The number of alkyl halides is 1. The third kappa shape index (κ3) is 2.78. The third-order valence-electron chi connectivity index (χ3n) is 2.86. The van der Waals surface area contributed by atoms with Crippen LogP contribution in [0.4, 0.5) is 4.39 Å². The molecule has 68 valence electrons. The Labute approximate surface area is 69.6 Å². The Morgan fingerprint density at radius 2 is 1.73 bits per heavy atom. The average Bonchev–Trinajstić information content (AvgIpc) is 2.03. The van der Waals surface area contributed by atoms with Gasteiger partial charge in [0.15, 0.2) is 0 Å². The molecule has 0 saturated heterocycles. The van der Waals surface area contributed by atoms with Crippen molar-refractivity contribution in [2.24, 2.45) is 0 Å². The maximum Gasteiger partial charge on any atom is 0.102 e. The molecule has 0 radical (unpaired) electrons. The van der Waals surface area contributed by atoms with E-state index in [4.69, 9.17) is 0 Å². The van der Waals surface area contributed by atoms with E-state index >= 15 is 0 Å². The fourth-order valence-corrected chi connectivity index (χ4v) is 1.19. The molecular weight excluding hydrogens is 141 g/mol. The highest BCUT2D eigenvalue weighted by Gasteiger charge is 2.24. The number of hydrogen-bond donors (Lipinski definition) is 0. The molecule has 0 aliphatic rings. The molecule has 0 unspecified atom stereocenters. The SMILES string of the molecule is CCC(C)(CC)N(C)CCF. The van der Waals surface area contributed by atoms with Crippen LogP contribution in [0, 0.1) is 0 Å². The minimum atomic E-state index is -0.244. The second-order valence-corrected chi connectivity index (χ2v) is 3.31. The van der Waals surface area contributed by atoms with Gasteiger partial charge in [-0.05, 0) is 26.8 Å². The normalized spacial score (nSPS) is 12.5. The molecule has 2 heteroatoms. The van der Waals surface area contributed by atoms with Crippen LogP contribution in [0.15, 0.2) is 0 Å². The van der Waals surface area contributed by atoms with E-state index in [0.717, 1.165) is 12.8 Å². The molecule has 0 spiro atoms. The maximum atomic E-state index is 12.0. The Balaban J connectivity index is 4.00. The van der Waals surface area contributed by atoms with Gasteiger partial charge in [0.25, 0.3) is 0 Å². The lowest BCUT2D eigenvalue weighted by molar-refractivity contribution is 0.118. The van der Waals surface area contributed by atoms with Crippen molar-refractivity contribution in [1.82, 2.24) is 4.90 Å². The van der Waals surface area contributed by atoms with Crippen LogP contribution in [-0.2, 0) is 0 Å². The minimum Gasteiger partial charge on any atom is -0.298 e. The predicted molar refractivity (Wildman–Crippen MR) is 47.6 cm³/mol. The van der Waals surface area contributed by atoms with Gasteiger partial charge in [-0.15, -0.1) is 0 Å². The molecule has 0 aliphatic carbocycles. The van der Waals surface area contributed by atoms with Gasteiger partial charge in [-0.2, -0.15) is 0 Å². The van der Waals surface area contributed by atoms with Crippen molar-refractivity contribution < 1.29 is 4.39 Å². The average molecular weight is 161 g/mol. The molecule has 0 bridgehead atoms. The Hall–Kier alpha value is -0.110. The van der Waals surface area contributed by atoms with E-state index in [9.17, 15) is 4.39 Å². The van der Waals surface area contributed by atoms with Crippen molar-refractivity contribution in [3.63, 3.8) is 0 Å². The molecule has 0 atom stereocenters. The summed E-state index contributed by atoms with van der Waals surface area (Å²) in [7, 11) is 1.99. The molecule has 1 nitrogen and oxygen atoms in total. The first-order valence-corrected chi connectivity index (χ1v) is 4.38. The zero-order chi connectivity index (χ0) is 8.91. The second-order valence-electron chi connectivity index (χ2n) is 3.31. The molecule has 0 aromatic carbocycles. The minimum absolute atomic E-state index is 0.187. The summed E-state index contributed by atoms with van der Waals surface area (Å²) < 4.78 is 12.0. The first-order valence-electron chi connectivity index (χ1n) is 4.38. The van der Waals surface area contributed by atoms with E-state index in [1.165, 1.54) is 0 Å². The van der Waals surface area contributed by atoms with Crippen molar-refractivity contribution in [1.29, 1.82) is 0 Å². The number of hydrogen-bond acceptors (Lipinski definition) is 1. The van der Waals surface area contributed by atoms with Gasteiger partial charge in [0.1, 0.15) is 6.67 Å². The number of halogens is 1. The molecule has 0 amide bonds. The molecular formula is C9H20FN. The molecule has 11 heavy (non-hydrogen) atoms. The van der Waals surface area contributed by atoms with Gasteiger partial charge in [-0.1, -0.05) is 13.8 Å². The summed E-state index contributed by atoms with van der Waals surface area (Å²) >= 11 is 0. The van der Waals surface area contributed by atoms with Crippen molar-refractivity contribution in [2.75, 3.05) is 20.3 Å². The van der Waals surface area contributed by atoms with Crippen LogP contribution in [-0.4, -0.2) is 30.7 Å². The molecule has 0 fully saturated rings. The lowest BCUT2D eigenvalue weighted by Crippen LogP contribution is -2.43. The lowest BCUT2D eigenvalue weighted by atomic mass is 9.94. The van der Waals surface area contributed by atoms with Gasteiger partial charge in [-0.25, -0.2) is 4.39 Å². The monoisotopic (exact) mass is 161 g/mol. The summed E-state index contributed by atoms with van der Waals surface area (Å²) in [5.41, 5.74) is 0.187. The van der Waals surface area contributed by atoms with Crippen LogP contribution in [0.5, 0.6) is 0 Å². The fourth-order valence-electron chi connectivity index (χ4n) is 1.19. The van der Waals surface area contributed by atoms with Crippen LogP contribution < -0.4 is 0 Å². The second kappa shape index (κ2) is 4.70. The zero-order valence-electron chi connectivity index (χ0n) is 8.15. The summed E-state index contributed by atoms with van der Waals surface area (Å²) in [4.78, 5) is 2.10. The summed E-state index contributed by atoms with van der Waals surface area (Å²) in [5, 5.41) is 0. The van der Waals surface area contributed by atoms with Gasteiger partial charge in [-0.3, -0.25) is 4.90 Å². The highest BCUT2D eigenvalue weighted by molar-refractivity contribution is 4.80. The van der Waals surface area contributed by atoms with E-state index in [1.54, 1.807) is 0 Å². The van der Waals surface area contributed by atoms with E-state index in [2.05, 4.69) is 25.7 Å². The van der Waals surface area contributed by atoms with Gasteiger partial charge in [0.05, 0.1) is 0 Å². The van der Waals surface area contributed by atoms with Gasteiger partial charge in [0.2, 0.25) is 0 Å². The highest BCUT2D eigenvalue weighted by Crippen LogP contribution is 2.20. The van der Waals surface area contributed by atoms with Crippen molar-refractivity contribution in [3.8, 4) is 0 Å². The van der Waals surface area contributed by atoms with Gasteiger partial charge < -0.3 is 0 Å². The quantitative estimate of drug-likeness (QED) is 0.598. The number of nitrogens with zero attached hydrogens (tertiary/aromatic N) is 1. The fraction of sp³-hybridized carbons (Fsp3) is 1.00. The number of rotatable bonds is 5. The van der Waals surface area contributed by atoms with Crippen LogP contribution in [0.3, 0.4) is 0 Å². The summed E-state index contributed by atoms with van der Waals surface area (Å²) in [6, 6.07) is 0. The van der Waals surface area contributed by atoms with E-state index in [0.29, 0.717) is 6.54 Å².